The van der Waals surface area contributed by atoms with Crippen molar-refractivity contribution in [3.8, 4) is 10.6 Å². The number of nitrogens with one attached hydrogen (secondary N) is 2. The van der Waals surface area contributed by atoms with E-state index in [-0.39, 0.29) is 17.9 Å². The molecule has 5 nitrogen and oxygen atoms in total. The van der Waals surface area contributed by atoms with Gasteiger partial charge in [0.25, 0.3) is 5.91 Å². The number of amides is 2. The van der Waals surface area contributed by atoms with Crippen LogP contribution in [0.4, 0.5) is 18.9 Å². The van der Waals surface area contributed by atoms with Gasteiger partial charge in [0.1, 0.15) is 9.88 Å². The largest absolute Gasteiger partial charge is 0.416 e. The molecule has 2 amide bonds. The number of aromatic nitrogens is 1. The number of anilines is 1. The Kier molecular flexibility index (Phi) is 6.98. The van der Waals surface area contributed by atoms with E-state index in [0.29, 0.717) is 33.3 Å². The molecule has 0 bridgehead atoms. The molecule has 0 radical (unpaired) electrons. The smallest absolute Gasteiger partial charge is 0.345 e. The average molecular weight is 462 g/mol. The molecule has 2 aromatic carbocycles. The van der Waals surface area contributed by atoms with Crippen molar-refractivity contribution in [2.45, 2.75) is 39.4 Å². The molecule has 1 atom stereocenters. The molecule has 0 aliphatic heterocycles. The van der Waals surface area contributed by atoms with Crippen molar-refractivity contribution in [1.82, 2.24) is 10.3 Å². The Morgan fingerprint density at radius 3 is 2.25 bits per heavy atom. The number of alkyl halides is 3. The van der Waals surface area contributed by atoms with Crippen LogP contribution >= 0.6 is 11.3 Å². The number of hydrogen-bond donors (Lipinski definition) is 2. The highest BCUT2D eigenvalue weighted by atomic mass is 32.1. The Balaban J connectivity index is 1.70. The van der Waals surface area contributed by atoms with Crippen LogP contribution in [0.25, 0.3) is 10.6 Å². The lowest BCUT2D eigenvalue weighted by atomic mass is 10.1. The van der Waals surface area contributed by atoms with Gasteiger partial charge in [0, 0.05) is 17.7 Å². The van der Waals surface area contributed by atoms with E-state index in [9.17, 15) is 22.8 Å². The molecule has 0 saturated carbocycles. The second-order valence-corrected chi connectivity index (χ2v) is 8.23. The molecule has 32 heavy (non-hydrogen) atoms. The van der Waals surface area contributed by atoms with Crippen molar-refractivity contribution < 1.29 is 22.8 Å². The van der Waals surface area contributed by atoms with Crippen LogP contribution in [0.5, 0.6) is 0 Å². The van der Waals surface area contributed by atoms with Crippen LogP contribution in [-0.2, 0) is 11.0 Å². The maximum absolute atomic E-state index is 12.8. The summed E-state index contributed by atoms with van der Waals surface area (Å²) in [5, 5.41) is 6.16. The summed E-state index contributed by atoms with van der Waals surface area (Å²) < 4.78 is 38.3. The summed E-state index contributed by atoms with van der Waals surface area (Å²) in [4.78, 5) is 29.0. The Labute approximate surface area is 187 Å². The van der Waals surface area contributed by atoms with Gasteiger partial charge in [-0.05, 0) is 43.7 Å². The third kappa shape index (κ3) is 5.53. The van der Waals surface area contributed by atoms with Crippen LogP contribution in [0.3, 0.4) is 0 Å². The van der Waals surface area contributed by atoms with Crippen molar-refractivity contribution in [3.05, 3.63) is 70.2 Å². The van der Waals surface area contributed by atoms with E-state index >= 15 is 0 Å². The molecule has 168 valence electrons. The second kappa shape index (κ2) is 9.52. The molecule has 0 aliphatic rings. The topological polar surface area (TPSA) is 71.1 Å². The number of carbonyl (C=O) groups is 2. The quantitative estimate of drug-likeness (QED) is 0.475. The lowest BCUT2D eigenvalue weighted by molar-refractivity contribution is -0.137. The first-order valence-corrected chi connectivity index (χ1v) is 10.8. The Morgan fingerprint density at radius 1 is 1.06 bits per heavy atom. The predicted molar refractivity (Wildman–Crippen MR) is 119 cm³/mol. The fraction of sp³-hybridized carbons (Fsp3) is 0.261. The molecule has 3 rings (SSSR count). The lowest BCUT2D eigenvalue weighted by Gasteiger charge is -2.14. The zero-order valence-electron chi connectivity index (χ0n) is 17.7. The van der Waals surface area contributed by atoms with Crippen molar-refractivity contribution >= 4 is 28.8 Å². The average Bonchev–Trinajstić information content (AvgIpc) is 3.15. The highest BCUT2D eigenvalue weighted by Crippen LogP contribution is 2.33. The summed E-state index contributed by atoms with van der Waals surface area (Å²) in [5.41, 5.74) is 1.83. The van der Waals surface area contributed by atoms with Gasteiger partial charge >= 0.3 is 6.18 Å². The molecular formula is C23H22F3N3O2S. The first-order valence-electron chi connectivity index (χ1n) is 9.94. The molecule has 0 saturated heterocycles. The number of benzene rings is 2. The van der Waals surface area contributed by atoms with Crippen LogP contribution < -0.4 is 10.6 Å². The van der Waals surface area contributed by atoms with Gasteiger partial charge in [0.15, 0.2) is 0 Å². The second-order valence-electron chi connectivity index (χ2n) is 7.23. The number of rotatable bonds is 6. The van der Waals surface area contributed by atoms with Crippen LogP contribution in [0.2, 0.25) is 0 Å². The van der Waals surface area contributed by atoms with Crippen molar-refractivity contribution in [3.63, 3.8) is 0 Å². The molecule has 1 aromatic heterocycles. The van der Waals surface area contributed by atoms with E-state index in [1.807, 2.05) is 19.1 Å². The zero-order chi connectivity index (χ0) is 23.5. The summed E-state index contributed by atoms with van der Waals surface area (Å²) in [6.07, 6.45) is -4.02. The Morgan fingerprint density at radius 2 is 1.69 bits per heavy atom. The molecular weight excluding hydrogens is 439 g/mol. The SMILES string of the molecule is CCC(=O)Nc1ccc(C(C)NC(=O)c2sc(-c3ccc(C(F)(F)F)cc3)nc2C)cc1. The van der Waals surface area contributed by atoms with E-state index in [0.717, 1.165) is 29.0 Å². The molecule has 2 N–H and O–H groups in total. The van der Waals surface area contributed by atoms with Gasteiger partial charge in [0.05, 0.1) is 17.3 Å². The highest BCUT2D eigenvalue weighted by molar-refractivity contribution is 7.17. The number of carbonyl (C=O) groups excluding carboxylic acids is 2. The van der Waals surface area contributed by atoms with E-state index < -0.39 is 11.7 Å². The minimum Gasteiger partial charge on any atom is -0.345 e. The standard InChI is InChI=1S/C23H22F3N3O2S/c1-4-19(30)29-18-11-7-15(8-12-18)13(2)27-21(31)20-14(3)28-22(32-20)16-5-9-17(10-6-16)23(24,25)26/h5-13H,4H2,1-3H3,(H,27,31)(H,29,30). The molecule has 9 heteroatoms. The molecule has 1 heterocycles. The maximum Gasteiger partial charge on any atom is 0.416 e. The van der Waals surface area contributed by atoms with Gasteiger partial charge in [0.2, 0.25) is 5.91 Å². The van der Waals surface area contributed by atoms with Crippen LogP contribution in [0, 0.1) is 6.92 Å². The summed E-state index contributed by atoms with van der Waals surface area (Å²) in [6, 6.07) is 11.6. The van der Waals surface area contributed by atoms with Gasteiger partial charge in [-0.25, -0.2) is 4.98 Å². The minimum atomic E-state index is -4.40. The summed E-state index contributed by atoms with van der Waals surface area (Å²) in [5.74, 6) is -0.391. The molecule has 0 aliphatic carbocycles. The molecule has 0 fully saturated rings. The van der Waals surface area contributed by atoms with Gasteiger partial charge in [-0.1, -0.05) is 31.2 Å². The van der Waals surface area contributed by atoms with Gasteiger partial charge in [-0.2, -0.15) is 13.2 Å². The number of thiazole rings is 1. The van der Waals surface area contributed by atoms with Crippen LogP contribution in [-0.4, -0.2) is 16.8 Å². The molecule has 0 spiro atoms. The fourth-order valence-electron chi connectivity index (χ4n) is 2.98. The van der Waals surface area contributed by atoms with Crippen molar-refractivity contribution in [2.24, 2.45) is 0 Å². The van der Waals surface area contributed by atoms with Crippen molar-refractivity contribution in [2.75, 3.05) is 5.32 Å². The number of nitrogens with zero attached hydrogens (tertiary/aromatic N) is 1. The number of hydrogen-bond acceptors (Lipinski definition) is 4. The number of aryl methyl sites for hydroxylation is 1. The van der Waals surface area contributed by atoms with E-state index in [4.69, 9.17) is 0 Å². The zero-order valence-corrected chi connectivity index (χ0v) is 18.5. The van der Waals surface area contributed by atoms with E-state index in [1.165, 1.54) is 12.1 Å². The predicted octanol–water partition coefficient (Wildman–Crippen LogP) is 5.98. The third-order valence-corrected chi connectivity index (χ3v) is 6.03. The Bertz CT molecular complexity index is 1110. The van der Waals surface area contributed by atoms with E-state index in [1.54, 1.807) is 26.0 Å². The van der Waals surface area contributed by atoms with Crippen LogP contribution in [0.1, 0.15) is 52.8 Å². The molecule has 3 aromatic rings. The third-order valence-electron chi connectivity index (χ3n) is 4.83. The van der Waals surface area contributed by atoms with Crippen LogP contribution in [0.15, 0.2) is 48.5 Å². The fourth-order valence-corrected chi connectivity index (χ4v) is 3.96. The maximum atomic E-state index is 12.8. The monoisotopic (exact) mass is 461 g/mol. The summed E-state index contributed by atoms with van der Waals surface area (Å²) in [6.45, 7) is 5.30. The van der Waals surface area contributed by atoms with Gasteiger partial charge < -0.3 is 10.6 Å². The summed E-state index contributed by atoms with van der Waals surface area (Å²) in [7, 11) is 0. The molecule has 1 unspecified atom stereocenters. The summed E-state index contributed by atoms with van der Waals surface area (Å²) >= 11 is 1.13. The normalized spacial score (nSPS) is 12.3. The first kappa shape index (κ1) is 23.5. The van der Waals surface area contributed by atoms with Crippen molar-refractivity contribution in [1.29, 1.82) is 0 Å². The van der Waals surface area contributed by atoms with Gasteiger partial charge in [-0.15, -0.1) is 11.3 Å². The lowest BCUT2D eigenvalue weighted by Crippen LogP contribution is -2.26. The number of halogens is 3. The van der Waals surface area contributed by atoms with E-state index in [2.05, 4.69) is 15.6 Å². The first-order chi connectivity index (χ1) is 15.1. The van der Waals surface area contributed by atoms with Gasteiger partial charge in [-0.3, -0.25) is 9.59 Å². The minimum absolute atomic E-state index is 0.0800. The highest BCUT2D eigenvalue weighted by Gasteiger charge is 2.30. The Hall–Kier alpha value is -3.20.